The van der Waals surface area contributed by atoms with Gasteiger partial charge in [-0.1, -0.05) is 29.8 Å². The number of hydrogen-bond donors (Lipinski definition) is 0. The average molecular weight is 293 g/mol. The van der Waals surface area contributed by atoms with E-state index in [2.05, 4.69) is 0 Å². The van der Waals surface area contributed by atoms with Gasteiger partial charge in [0, 0.05) is 12.5 Å². The molecule has 0 N–H and O–H groups in total. The van der Waals surface area contributed by atoms with Gasteiger partial charge in [0.15, 0.2) is 0 Å². The van der Waals surface area contributed by atoms with Gasteiger partial charge in [-0.3, -0.25) is 0 Å². The lowest BCUT2D eigenvalue weighted by molar-refractivity contribution is -0.138. The molecule has 0 amide bonds. The summed E-state index contributed by atoms with van der Waals surface area (Å²) in [6.45, 7) is 0. The Bertz CT molecular complexity index is 532. The van der Waals surface area contributed by atoms with Crippen LogP contribution in [0.3, 0.4) is 0 Å². The molecule has 19 heavy (non-hydrogen) atoms. The number of hydrogen-bond acceptors (Lipinski definition) is 1. The Hall–Kier alpha value is -1.49. The van der Waals surface area contributed by atoms with Crippen LogP contribution >= 0.6 is 11.6 Å². The molecule has 1 aromatic carbocycles. The van der Waals surface area contributed by atoms with Crippen LogP contribution in [0.1, 0.15) is 12.0 Å². The molecule has 1 atom stereocenters. The number of benzene rings is 1. The minimum absolute atomic E-state index is 0.0532. The van der Waals surface area contributed by atoms with Crippen molar-refractivity contribution in [3.8, 4) is 5.75 Å². The van der Waals surface area contributed by atoms with E-state index in [1.165, 1.54) is 30.4 Å². The Balaban J connectivity index is 2.30. The molecule has 1 aromatic rings. The highest BCUT2D eigenvalue weighted by Gasteiger charge is 2.34. The van der Waals surface area contributed by atoms with Crippen molar-refractivity contribution in [3.63, 3.8) is 0 Å². The molecule has 0 heterocycles. The SMILES string of the molecule is FC1(Cl)C=C(Oc2ccccc2C(F)(F)F)C=CC1. The number of alkyl halides is 5. The molecule has 0 bridgehead atoms. The highest BCUT2D eigenvalue weighted by molar-refractivity contribution is 6.24. The molecular formula is C13H9ClF4O. The molecular weight excluding hydrogens is 284 g/mol. The highest BCUT2D eigenvalue weighted by atomic mass is 35.5. The minimum Gasteiger partial charge on any atom is -0.457 e. The van der Waals surface area contributed by atoms with Gasteiger partial charge in [0.25, 0.3) is 0 Å². The van der Waals surface area contributed by atoms with Gasteiger partial charge >= 0.3 is 6.18 Å². The van der Waals surface area contributed by atoms with Crippen LogP contribution in [0.4, 0.5) is 17.6 Å². The van der Waals surface area contributed by atoms with E-state index in [1.54, 1.807) is 0 Å². The summed E-state index contributed by atoms with van der Waals surface area (Å²) in [7, 11) is 0. The van der Waals surface area contributed by atoms with E-state index in [-0.39, 0.29) is 17.9 Å². The van der Waals surface area contributed by atoms with Crippen molar-refractivity contribution in [2.75, 3.05) is 0 Å². The Morgan fingerprint density at radius 2 is 1.89 bits per heavy atom. The molecule has 0 saturated carbocycles. The van der Waals surface area contributed by atoms with E-state index in [9.17, 15) is 17.6 Å². The van der Waals surface area contributed by atoms with Crippen LogP contribution in [0.15, 0.2) is 48.3 Å². The van der Waals surface area contributed by atoms with Crippen molar-refractivity contribution in [1.82, 2.24) is 0 Å². The summed E-state index contributed by atoms with van der Waals surface area (Å²) in [6, 6.07) is 4.72. The first kappa shape index (κ1) is 13.9. The predicted molar refractivity (Wildman–Crippen MR) is 63.6 cm³/mol. The number of rotatable bonds is 2. The molecule has 0 saturated heterocycles. The Labute approximate surface area is 112 Å². The predicted octanol–water partition coefficient (Wildman–Crippen LogP) is 4.83. The first-order valence-electron chi connectivity index (χ1n) is 5.39. The molecule has 1 aliphatic carbocycles. The topological polar surface area (TPSA) is 9.23 Å². The summed E-state index contributed by atoms with van der Waals surface area (Å²) in [4.78, 5) is 0. The van der Waals surface area contributed by atoms with Crippen LogP contribution in [-0.4, -0.2) is 5.13 Å². The highest BCUT2D eigenvalue weighted by Crippen LogP contribution is 2.38. The summed E-state index contributed by atoms with van der Waals surface area (Å²) in [5.74, 6) is -0.444. The van der Waals surface area contributed by atoms with E-state index in [0.29, 0.717) is 0 Å². The molecule has 0 spiro atoms. The zero-order chi connectivity index (χ0) is 14.1. The van der Waals surface area contributed by atoms with E-state index >= 15 is 0 Å². The van der Waals surface area contributed by atoms with Crippen LogP contribution in [0, 0.1) is 0 Å². The fourth-order valence-electron chi connectivity index (χ4n) is 1.63. The smallest absolute Gasteiger partial charge is 0.419 e. The summed E-state index contributed by atoms with van der Waals surface area (Å²) < 4.78 is 56.8. The summed E-state index contributed by atoms with van der Waals surface area (Å²) in [5.41, 5.74) is -0.922. The monoisotopic (exact) mass is 292 g/mol. The van der Waals surface area contributed by atoms with Gasteiger partial charge in [0.05, 0.1) is 5.56 Å². The third-order valence-electron chi connectivity index (χ3n) is 2.45. The number of ether oxygens (including phenoxy) is 1. The van der Waals surface area contributed by atoms with E-state index in [0.717, 1.165) is 12.1 Å². The first-order valence-corrected chi connectivity index (χ1v) is 5.77. The van der Waals surface area contributed by atoms with Gasteiger partial charge in [-0.25, -0.2) is 4.39 Å². The molecule has 0 aliphatic heterocycles. The summed E-state index contributed by atoms with van der Waals surface area (Å²) in [6.07, 6.45) is -0.862. The van der Waals surface area contributed by atoms with Crippen molar-refractivity contribution in [2.45, 2.75) is 17.7 Å². The van der Waals surface area contributed by atoms with Gasteiger partial charge in [0.1, 0.15) is 11.5 Å². The zero-order valence-electron chi connectivity index (χ0n) is 9.55. The summed E-state index contributed by atoms with van der Waals surface area (Å²) in [5, 5.41) is -2.13. The van der Waals surface area contributed by atoms with Gasteiger partial charge in [-0.05, 0) is 18.2 Å². The van der Waals surface area contributed by atoms with Crippen molar-refractivity contribution in [1.29, 1.82) is 0 Å². The second-order valence-corrected chi connectivity index (χ2v) is 4.64. The lowest BCUT2D eigenvalue weighted by Gasteiger charge is -2.19. The van der Waals surface area contributed by atoms with E-state index in [1.807, 2.05) is 0 Å². The summed E-state index contributed by atoms with van der Waals surface area (Å²) >= 11 is 5.47. The van der Waals surface area contributed by atoms with Crippen molar-refractivity contribution in [3.05, 3.63) is 53.8 Å². The Morgan fingerprint density at radius 3 is 2.53 bits per heavy atom. The standard InChI is InChI=1S/C13H9ClF4O/c14-12(15)7-3-4-9(8-12)19-11-6-2-1-5-10(11)13(16,17)18/h1-6,8H,7H2. The Kier molecular flexibility index (Phi) is 3.58. The maximum atomic E-state index is 13.5. The fourth-order valence-corrected chi connectivity index (χ4v) is 1.82. The molecule has 102 valence electrons. The molecule has 0 fully saturated rings. The second-order valence-electron chi connectivity index (χ2n) is 4.01. The molecule has 6 heteroatoms. The number of halogens is 5. The van der Waals surface area contributed by atoms with Crippen molar-refractivity contribution >= 4 is 11.6 Å². The largest absolute Gasteiger partial charge is 0.457 e. The van der Waals surface area contributed by atoms with Gasteiger partial charge in [-0.15, -0.1) is 0 Å². The van der Waals surface area contributed by atoms with Crippen LogP contribution < -0.4 is 4.74 Å². The minimum atomic E-state index is -4.54. The van der Waals surface area contributed by atoms with Gasteiger partial charge < -0.3 is 4.74 Å². The van der Waals surface area contributed by atoms with Crippen molar-refractivity contribution in [2.24, 2.45) is 0 Å². The van der Waals surface area contributed by atoms with Crippen LogP contribution in [-0.2, 0) is 6.18 Å². The normalized spacial score (nSPS) is 23.1. The first-order chi connectivity index (χ1) is 8.78. The van der Waals surface area contributed by atoms with Gasteiger partial charge in [0.2, 0.25) is 5.13 Å². The van der Waals surface area contributed by atoms with E-state index in [4.69, 9.17) is 16.3 Å². The third-order valence-corrected chi connectivity index (χ3v) is 2.71. The number of allylic oxidation sites excluding steroid dienone is 3. The van der Waals surface area contributed by atoms with Crippen LogP contribution in [0.5, 0.6) is 5.75 Å². The molecule has 1 unspecified atom stereocenters. The quantitative estimate of drug-likeness (QED) is 0.560. The molecule has 1 aliphatic rings. The maximum Gasteiger partial charge on any atom is 0.419 e. The molecule has 0 radical (unpaired) electrons. The molecule has 1 nitrogen and oxygen atoms in total. The molecule has 0 aromatic heterocycles. The van der Waals surface area contributed by atoms with Crippen LogP contribution in [0.2, 0.25) is 0 Å². The Morgan fingerprint density at radius 1 is 1.21 bits per heavy atom. The zero-order valence-corrected chi connectivity index (χ0v) is 10.3. The third kappa shape index (κ3) is 3.50. The molecule has 2 rings (SSSR count). The lowest BCUT2D eigenvalue weighted by atomic mass is 10.1. The van der Waals surface area contributed by atoms with E-state index < -0.39 is 16.9 Å². The lowest BCUT2D eigenvalue weighted by Crippen LogP contribution is -2.15. The van der Waals surface area contributed by atoms with Crippen LogP contribution in [0.25, 0.3) is 0 Å². The fraction of sp³-hybridized carbons (Fsp3) is 0.231. The average Bonchev–Trinajstić information content (AvgIpc) is 2.26. The second kappa shape index (κ2) is 4.89. The van der Waals surface area contributed by atoms with Crippen molar-refractivity contribution < 1.29 is 22.3 Å². The maximum absolute atomic E-state index is 13.5. The number of para-hydroxylation sites is 1. The van der Waals surface area contributed by atoms with Gasteiger partial charge in [-0.2, -0.15) is 13.2 Å².